The van der Waals surface area contributed by atoms with Crippen LogP contribution in [0.15, 0.2) is 12.1 Å². The van der Waals surface area contributed by atoms with Gasteiger partial charge >= 0.3 is 0 Å². The van der Waals surface area contributed by atoms with Crippen molar-refractivity contribution in [1.29, 1.82) is 0 Å². The molecule has 0 aliphatic heterocycles. The van der Waals surface area contributed by atoms with E-state index in [2.05, 4.69) is 25.0 Å². The second-order valence-electron chi connectivity index (χ2n) is 8.73. The molecule has 12 heteroatoms. The summed E-state index contributed by atoms with van der Waals surface area (Å²) in [6.45, 7) is 6.78. The van der Waals surface area contributed by atoms with Crippen molar-refractivity contribution in [3.63, 3.8) is 0 Å². The van der Waals surface area contributed by atoms with E-state index >= 15 is 0 Å². The third-order valence-electron chi connectivity index (χ3n) is 4.55. The van der Waals surface area contributed by atoms with Crippen LogP contribution in [0.25, 0.3) is 0 Å². The molecule has 0 amide bonds. The Hall–Kier alpha value is -2.47. The topological polar surface area (TPSA) is 117 Å². The van der Waals surface area contributed by atoms with Gasteiger partial charge in [-0.2, -0.15) is 15.0 Å². The lowest BCUT2D eigenvalue weighted by Gasteiger charge is -2.26. The van der Waals surface area contributed by atoms with E-state index in [-0.39, 0.29) is 42.2 Å². The minimum Gasteiger partial charge on any atom is -0.394 e. The molecule has 8 nitrogen and oxygen atoms in total. The highest BCUT2D eigenvalue weighted by Crippen LogP contribution is 2.32. The van der Waals surface area contributed by atoms with Gasteiger partial charge in [-0.1, -0.05) is 27.7 Å². The number of anilines is 2. The smallest absolute Gasteiger partial charge is 0.241 e. The molecule has 2 aromatic rings. The number of halogens is 3. The molecule has 0 aliphatic carbocycles. The van der Waals surface area contributed by atoms with E-state index in [0.717, 1.165) is 6.26 Å². The SMILES string of the molecule is CC(C)C[C@H](CO)Nc1nc(CC(C)(C)c2c(F)cc(F)cc2F)nc(NS(C)(=O)=O)n1. The second kappa shape index (κ2) is 9.99. The monoisotopic (exact) mass is 475 g/mol. The number of aliphatic hydroxyl groups is 1. The van der Waals surface area contributed by atoms with Crippen molar-refractivity contribution in [3.8, 4) is 0 Å². The normalized spacial score (nSPS) is 13.3. The van der Waals surface area contributed by atoms with Gasteiger partial charge in [-0.25, -0.2) is 21.6 Å². The highest BCUT2D eigenvalue weighted by Gasteiger charge is 2.31. The molecular weight excluding hydrogens is 447 g/mol. The molecule has 178 valence electrons. The maximum Gasteiger partial charge on any atom is 0.241 e. The van der Waals surface area contributed by atoms with Crippen LogP contribution in [0, 0.1) is 23.4 Å². The Morgan fingerprint density at radius 2 is 1.62 bits per heavy atom. The van der Waals surface area contributed by atoms with E-state index in [1.54, 1.807) is 0 Å². The summed E-state index contributed by atoms with van der Waals surface area (Å²) in [7, 11) is -3.72. The molecule has 1 heterocycles. The summed E-state index contributed by atoms with van der Waals surface area (Å²) >= 11 is 0. The molecule has 0 saturated heterocycles. The highest BCUT2D eigenvalue weighted by atomic mass is 32.2. The maximum atomic E-state index is 14.4. The Morgan fingerprint density at radius 3 is 2.12 bits per heavy atom. The van der Waals surface area contributed by atoms with E-state index < -0.39 is 38.9 Å². The number of aromatic nitrogens is 3. The highest BCUT2D eigenvalue weighted by molar-refractivity contribution is 7.91. The van der Waals surface area contributed by atoms with Crippen LogP contribution in [0.1, 0.15) is 45.5 Å². The molecule has 1 aromatic carbocycles. The van der Waals surface area contributed by atoms with Crippen LogP contribution in [-0.2, 0) is 21.9 Å². The van der Waals surface area contributed by atoms with Gasteiger partial charge in [0.05, 0.1) is 18.9 Å². The number of sulfonamides is 1. The van der Waals surface area contributed by atoms with E-state index in [1.165, 1.54) is 13.8 Å². The van der Waals surface area contributed by atoms with Crippen molar-refractivity contribution >= 4 is 21.9 Å². The van der Waals surface area contributed by atoms with Gasteiger partial charge in [-0.15, -0.1) is 0 Å². The van der Waals surface area contributed by atoms with Gasteiger partial charge < -0.3 is 10.4 Å². The molecule has 0 fully saturated rings. The van der Waals surface area contributed by atoms with Gasteiger partial charge in [0.15, 0.2) is 0 Å². The molecule has 0 unspecified atom stereocenters. The van der Waals surface area contributed by atoms with Crippen molar-refractivity contribution in [2.24, 2.45) is 5.92 Å². The fourth-order valence-electron chi connectivity index (χ4n) is 3.38. The minimum absolute atomic E-state index is 0.00306. The van der Waals surface area contributed by atoms with Crippen LogP contribution >= 0.6 is 0 Å². The molecule has 1 atom stereocenters. The third-order valence-corrected chi connectivity index (χ3v) is 5.11. The number of benzene rings is 1. The number of rotatable bonds is 10. The zero-order chi connectivity index (χ0) is 24.3. The first-order valence-corrected chi connectivity index (χ1v) is 11.8. The van der Waals surface area contributed by atoms with Crippen LogP contribution < -0.4 is 10.0 Å². The van der Waals surface area contributed by atoms with Crippen LogP contribution in [0.3, 0.4) is 0 Å². The number of aliphatic hydroxyl groups excluding tert-OH is 1. The average molecular weight is 476 g/mol. The first-order chi connectivity index (χ1) is 14.7. The van der Waals surface area contributed by atoms with Gasteiger partial charge in [-0.05, 0) is 12.3 Å². The van der Waals surface area contributed by atoms with Crippen molar-refractivity contribution in [3.05, 3.63) is 41.0 Å². The number of hydrogen-bond donors (Lipinski definition) is 3. The Labute approximate surface area is 185 Å². The van der Waals surface area contributed by atoms with Gasteiger partial charge in [0, 0.05) is 29.5 Å². The van der Waals surface area contributed by atoms with Crippen LogP contribution in [0.5, 0.6) is 0 Å². The summed E-state index contributed by atoms with van der Waals surface area (Å²) in [4.78, 5) is 12.3. The lowest BCUT2D eigenvalue weighted by Crippen LogP contribution is -2.29. The van der Waals surface area contributed by atoms with Crippen LogP contribution in [0.2, 0.25) is 0 Å². The van der Waals surface area contributed by atoms with Crippen molar-refractivity contribution in [1.82, 2.24) is 15.0 Å². The molecule has 3 N–H and O–H groups in total. The van der Waals surface area contributed by atoms with Gasteiger partial charge in [0.2, 0.25) is 21.9 Å². The Kier molecular flexibility index (Phi) is 8.05. The predicted molar refractivity (Wildman–Crippen MR) is 115 cm³/mol. The zero-order valence-electron chi connectivity index (χ0n) is 18.6. The summed E-state index contributed by atoms with van der Waals surface area (Å²) < 4.78 is 67.6. The summed E-state index contributed by atoms with van der Waals surface area (Å²) in [5.74, 6) is -3.13. The first-order valence-electron chi connectivity index (χ1n) is 9.95. The Bertz CT molecular complexity index is 1040. The van der Waals surface area contributed by atoms with Crippen molar-refractivity contribution in [2.75, 3.05) is 22.9 Å². The standard InChI is InChI=1S/C20H28F3N5O3S/c1-11(2)6-13(10-29)24-18-25-16(26-19(27-18)28-32(5,30)31)9-20(3,4)17-14(22)7-12(21)8-15(17)23/h7-8,11,13,29H,6,9-10H2,1-5H3,(H2,24,25,26,27,28)/t13-/m1/s1. The fourth-order valence-corrected chi connectivity index (χ4v) is 3.80. The third kappa shape index (κ3) is 7.30. The van der Waals surface area contributed by atoms with E-state index in [0.29, 0.717) is 18.6 Å². The second-order valence-corrected chi connectivity index (χ2v) is 10.5. The van der Waals surface area contributed by atoms with Crippen LogP contribution in [-0.4, -0.2) is 47.4 Å². The number of nitrogens with zero attached hydrogens (tertiary/aromatic N) is 3. The van der Waals surface area contributed by atoms with Crippen LogP contribution in [0.4, 0.5) is 25.1 Å². The quantitative estimate of drug-likeness (QED) is 0.484. The molecule has 32 heavy (non-hydrogen) atoms. The Morgan fingerprint density at radius 1 is 1.06 bits per heavy atom. The lowest BCUT2D eigenvalue weighted by molar-refractivity contribution is 0.259. The summed E-state index contributed by atoms with van der Waals surface area (Å²) in [5.41, 5.74) is -1.56. The summed E-state index contributed by atoms with van der Waals surface area (Å²) in [6, 6.07) is 0.778. The van der Waals surface area contributed by atoms with Gasteiger partial charge in [-0.3, -0.25) is 4.72 Å². The molecule has 0 radical (unpaired) electrons. The lowest BCUT2D eigenvalue weighted by atomic mass is 9.80. The molecular formula is C20H28F3N5O3S. The summed E-state index contributed by atoms with van der Waals surface area (Å²) in [6.07, 6.45) is 1.39. The fraction of sp³-hybridized carbons (Fsp3) is 0.550. The molecule has 2 rings (SSSR count). The van der Waals surface area contributed by atoms with Gasteiger partial charge in [0.1, 0.15) is 23.3 Å². The Balaban J connectivity index is 2.46. The number of hydrogen-bond acceptors (Lipinski definition) is 7. The molecule has 0 saturated carbocycles. The predicted octanol–water partition coefficient (Wildman–Crippen LogP) is 3.00. The molecule has 0 spiro atoms. The van der Waals surface area contributed by atoms with E-state index in [1.807, 2.05) is 13.8 Å². The summed E-state index contributed by atoms with van der Waals surface area (Å²) in [5, 5.41) is 12.6. The minimum atomic E-state index is -3.72. The van der Waals surface area contributed by atoms with E-state index in [9.17, 15) is 26.7 Å². The number of nitrogens with one attached hydrogen (secondary N) is 2. The van der Waals surface area contributed by atoms with Gasteiger partial charge in [0.25, 0.3) is 0 Å². The van der Waals surface area contributed by atoms with Crippen molar-refractivity contribution in [2.45, 2.75) is 52.0 Å². The van der Waals surface area contributed by atoms with E-state index in [4.69, 9.17) is 0 Å². The molecule has 0 bridgehead atoms. The maximum absolute atomic E-state index is 14.4. The van der Waals surface area contributed by atoms with Crippen molar-refractivity contribution < 1.29 is 26.7 Å². The average Bonchev–Trinajstić information content (AvgIpc) is 2.57. The molecule has 0 aliphatic rings. The molecule has 1 aromatic heterocycles. The zero-order valence-corrected chi connectivity index (χ0v) is 19.4. The first kappa shape index (κ1) is 25.8. The largest absolute Gasteiger partial charge is 0.394 e.